The summed E-state index contributed by atoms with van der Waals surface area (Å²) in [5.41, 5.74) is 0. The van der Waals surface area contributed by atoms with Gasteiger partial charge >= 0.3 is 11.8 Å². The van der Waals surface area contributed by atoms with Crippen LogP contribution in [-0.4, -0.2) is 73.8 Å². The predicted octanol–water partition coefficient (Wildman–Crippen LogP) is 0.607. The van der Waals surface area contributed by atoms with E-state index in [4.69, 9.17) is 14.2 Å². The monoisotopic (exact) mass is 375 g/mol. The summed E-state index contributed by atoms with van der Waals surface area (Å²) in [5, 5.41) is 2.76. The summed E-state index contributed by atoms with van der Waals surface area (Å²) in [7, 11) is 0. The van der Waals surface area contributed by atoms with Gasteiger partial charge in [0, 0.05) is 44.8 Å². The molecular formula is C19H25N3O5. The summed E-state index contributed by atoms with van der Waals surface area (Å²) in [6.07, 6.45) is 2.87. The van der Waals surface area contributed by atoms with Gasteiger partial charge < -0.3 is 24.4 Å². The molecule has 2 heterocycles. The Hall–Kier alpha value is -2.48. The lowest BCUT2D eigenvalue weighted by Crippen LogP contribution is -2.53. The highest BCUT2D eigenvalue weighted by Gasteiger charge is 2.30. The van der Waals surface area contributed by atoms with E-state index in [0.717, 1.165) is 56.1 Å². The molecule has 2 amide bonds. The van der Waals surface area contributed by atoms with Crippen LogP contribution in [0.3, 0.4) is 0 Å². The Balaban J connectivity index is 1.12. The Labute approximate surface area is 158 Å². The molecule has 1 saturated carbocycles. The van der Waals surface area contributed by atoms with E-state index in [2.05, 4.69) is 10.2 Å². The Bertz CT molecular complexity index is 699. The van der Waals surface area contributed by atoms with Crippen molar-refractivity contribution in [2.45, 2.75) is 25.3 Å². The first kappa shape index (κ1) is 17.9. The molecule has 1 aliphatic carbocycles. The lowest BCUT2D eigenvalue weighted by Gasteiger charge is -2.34. The zero-order valence-electron chi connectivity index (χ0n) is 15.3. The Morgan fingerprint density at radius 2 is 1.89 bits per heavy atom. The standard InChI is InChI=1S/C19H25N3O5/c23-18(20-14-2-3-14)19(24)22-9-7-21(8-10-22)6-1-11-25-15-4-5-16-17(12-15)27-13-26-16/h4-5,12,14H,1-3,6-11,13H2,(H,20,23). The Kier molecular flexibility index (Phi) is 5.33. The normalized spacial score (nSPS) is 19.0. The number of fused-ring (bicyclic) bond motifs is 1. The number of rotatable bonds is 6. The number of piperazine rings is 1. The minimum Gasteiger partial charge on any atom is -0.493 e. The van der Waals surface area contributed by atoms with Crippen LogP contribution in [0.2, 0.25) is 0 Å². The summed E-state index contributed by atoms with van der Waals surface area (Å²) < 4.78 is 16.4. The van der Waals surface area contributed by atoms with Crippen molar-refractivity contribution in [3.63, 3.8) is 0 Å². The van der Waals surface area contributed by atoms with Crippen LogP contribution in [0.25, 0.3) is 0 Å². The third-order valence-corrected chi connectivity index (χ3v) is 5.00. The van der Waals surface area contributed by atoms with E-state index in [0.29, 0.717) is 19.7 Å². The first-order valence-corrected chi connectivity index (χ1v) is 9.53. The molecule has 2 fully saturated rings. The highest BCUT2D eigenvalue weighted by molar-refractivity contribution is 6.35. The second-order valence-electron chi connectivity index (χ2n) is 7.10. The molecule has 0 atom stereocenters. The average molecular weight is 375 g/mol. The van der Waals surface area contributed by atoms with Gasteiger partial charge in [-0.1, -0.05) is 0 Å². The molecule has 8 nitrogen and oxygen atoms in total. The molecule has 1 saturated heterocycles. The maximum atomic E-state index is 12.1. The SMILES string of the molecule is O=C(NC1CC1)C(=O)N1CCN(CCCOc2ccc3c(c2)OCO3)CC1. The van der Waals surface area contributed by atoms with Gasteiger partial charge in [-0.15, -0.1) is 0 Å². The van der Waals surface area contributed by atoms with Gasteiger partial charge in [0.2, 0.25) is 6.79 Å². The predicted molar refractivity (Wildman–Crippen MR) is 96.9 cm³/mol. The third kappa shape index (κ3) is 4.63. The molecular weight excluding hydrogens is 350 g/mol. The number of carbonyl (C=O) groups excluding carboxylic acids is 2. The number of carbonyl (C=O) groups is 2. The van der Waals surface area contributed by atoms with Gasteiger partial charge in [0.1, 0.15) is 5.75 Å². The van der Waals surface area contributed by atoms with Crippen molar-refractivity contribution in [2.75, 3.05) is 46.1 Å². The van der Waals surface area contributed by atoms with Crippen LogP contribution in [0.15, 0.2) is 18.2 Å². The zero-order chi connectivity index (χ0) is 18.6. The van der Waals surface area contributed by atoms with Gasteiger partial charge in [-0.25, -0.2) is 0 Å². The second kappa shape index (κ2) is 8.04. The molecule has 0 radical (unpaired) electrons. The van der Waals surface area contributed by atoms with E-state index in [-0.39, 0.29) is 12.8 Å². The summed E-state index contributed by atoms with van der Waals surface area (Å²) in [5.74, 6) is 1.40. The fourth-order valence-electron chi connectivity index (χ4n) is 3.24. The van der Waals surface area contributed by atoms with E-state index in [1.54, 1.807) is 4.90 Å². The molecule has 0 bridgehead atoms. The first-order valence-electron chi connectivity index (χ1n) is 9.53. The molecule has 0 spiro atoms. The molecule has 3 aliphatic rings. The number of ether oxygens (including phenoxy) is 3. The lowest BCUT2D eigenvalue weighted by molar-refractivity contribution is -0.147. The highest BCUT2D eigenvalue weighted by Crippen LogP contribution is 2.35. The molecule has 4 rings (SSSR count). The number of nitrogens with zero attached hydrogens (tertiary/aromatic N) is 2. The summed E-state index contributed by atoms with van der Waals surface area (Å²) in [6.45, 7) is 4.54. The van der Waals surface area contributed by atoms with Gasteiger partial charge in [-0.2, -0.15) is 0 Å². The third-order valence-electron chi connectivity index (χ3n) is 5.00. The van der Waals surface area contributed by atoms with Gasteiger partial charge in [0.25, 0.3) is 0 Å². The van der Waals surface area contributed by atoms with Gasteiger partial charge in [0.05, 0.1) is 6.61 Å². The molecule has 0 aromatic heterocycles. The number of hydrogen-bond acceptors (Lipinski definition) is 6. The molecule has 146 valence electrons. The maximum Gasteiger partial charge on any atom is 0.311 e. The van der Waals surface area contributed by atoms with Crippen molar-refractivity contribution in [3.05, 3.63) is 18.2 Å². The summed E-state index contributed by atoms with van der Waals surface area (Å²) >= 11 is 0. The van der Waals surface area contributed by atoms with Crippen molar-refractivity contribution in [3.8, 4) is 17.2 Å². The molecule has 2 aliphatic heterocycles. The van der Waals surface area contributed by atoms with E-state index < -0.39 is 11.8 Å². The molecule has 27 heavy (non-hydrogen) atoms. The van der Waals surface area contributed by atoms with Crippen LogP contribution in [0, 0.1) is 0 Å². The zero-order valence-corrected chi connectivity index (χ0v) is 15.3. The Morgan fingerprint density at radius 1 is 1.11 bits per heavy atom. The molecule has 1 N–H and O–H groups in total. The summed E-state index contributed by atoms with van der Waals surface area (Å²) in [4.78, 5) is 27.9. The molecule has 0 unspecified atom stereocenters. The number of nitrogens with one attached hydrogen (secondary N) is 1. The number of benzene rings is 1. The van der Waals surface area contributed by atoms with Crippen molar-refractivity contribution in [1.82, 2.24) is 15.1 Å². The van der Waals surface area contributed by atoms with E-state index in [9.17, 15) is 9.59 Å². The Morgan fingerprint density at radius 3 is 2.67 bits per heavy atom. The first-order chi connectivity index (χ1) is 13.2. The van der Waals surface area contributed by atoms with Gasteiger partial charge in [-0.05, 0) is 31.4 Å². The maximum absolute atomic E-state index is 12.1. The minimum atomic E-state index is -0.455. The van der Waals surface area contributed by atoms with Gasteiger partial charge in [-0.3, -0.25) is 14.5 Å². The fraction of sp³-hybridized carbons (Fsp3) is 0.579. The van der Waals surface area contributed by atoms with E-state index in [1.165, 1.54) is 0 Å². The quantitative estimate of drug-likeness (QED) is 0.580. The van der Waals surface area contributed by atoms with Crippen LogP contribution in [0.4, 0.5) is 0 Å². The van der Waals surface area contributed by atoms with Crippen molar-refractivity contribution < 1.29 is 23.8 Å². The van der Waals surface area contributed by atoms with Gasteiger partial charge in [0.15, 0.2) is 11.5 Å². The average Bonchev–Trinajstić information content (AvgIpc) is 3.38. The largest absolute Gasteiger partial charge is 0.493 e. The van der Waals surface area contributed by atoms with Crippen LogP contribution in [0.1, 0.15) is 19.3 Å². The number of hydrogen-bond donors (Lipinski definition) is 1. The van der Waals surface area contributed by atoms with Crippen LogP contribution >= 0.6 is 0 Å². The second-order valence-corrected chi connectivity index (χ2v) is 7.10. The fourth-order valence-corrected chi connectivity index (χ4v) is 3.24. The van der Waals surface area contributed by atoms with Crippen LogP contribution < -0.4 is 19.5 Å². The topological polar surface area (TPSA) is 80.3 Å². The lowest BCUT2D eigenvalue weighted by atomic mass is 10.2. The molecule has 1 aromatic carbocycles. The minimum absolute atomic E-state index is 0.215. The highest BCUT2D eigenvalue weighted by atomic mass is 16.7. The van der Waals surface area contributed by atoms with Crippen molar-refractivity contribution in [2.24, 2.45) is 0 Å². The summed E-state index contributed by atoms with van der Waals surface area (Å²) in [6, 6.07) is 5.80. The van der Waals surface area contributed by atoms with E-state index in [1.807, 2.05) is 18.2 Å². The smallest absolute Gasteiger partial charge is 0.311 e. The molecule has 8 heteroatoms. The van der Waals surface area contributed by atoms with E-state index >= 15 is 0 Å². The van der Waals surface area contributed by atoms with Crippen molar-refractivity contribution >= 4 is 11.8 Å². The van der Waals surface area contributed by atoms with Crippen LogP contribution in [0.5, 0.6) is 17.2 Å². The number of amides is 2. The van der Waals surface area contributed by atoms with Crippen LogP contribution in [-0.2, 0) is 9.59 Å². The van der Waals surface area contributed by atoms with Crippen molar-refractivity contribution in [1.29, 1.82) is 0 Å². The molecule has 1 aromatic rings.